The molecule has 3 atom stereocenters. The molecule has 0 spiro atoms. The van der Waals surface area contributed by atoms with Gasteiger partial charge in [-0.3, -0.25) is 4.90 Å². The Morgan fingerprint density at radius 3 is 2.67 bits per heavy atom. The monoisotopic (exact) mass is 205 g/mol. The molecule has 0 aromatic carbocycles. The normalized spacial score (nSPS) is 35.9. The Bertz CT molecular complexity index is 265. The predicted molar refractivity (Wildman–Crippen MR) is 65.8 cm³/mol. The van der Waals surface area contributed by atoms with E-state index < -0.39 is 0 Å². The molecule has 1 aliphatic carbocycles. The van der Waals surface area contributed by atoms with Crippen LogP contribution < -0.4 is 0 Å². The standard InChI is InChI=1S/C14H23N/c1-4-15-10-9-12(11(2)3)13-7-5-6-8-14(13)15/h5-8,11-14H,4,9-10H2,1-3H3. The van der Waals surface area contributed by atoms with Crippen LogP contribution >= 0.6 is 0 Å². The van der Waals surface area contributed by atoms with Crippen LogP contribution in [0.4, 0.5) is 0 Å². The Morgan fingerprint density at radius 1 is 1.27 bits per heavy atom. The molecule has 0 aromatic heterocycles. The van der Waals surface area contributed by atoms with E-state index in [2.05, 4.69) is 50.0 Å². The van der Waals surface area contributed by atoms with Crippen LogP contribution in [0.1, 0.15) is 27.2 Å². The van der Waals surface area contributed by atoms with Crippen LogP contribution in [0.5, 0.6) is 0 Å². The average Bonchev–Trinajstić information content (AvgIpc) is 2.27. The molecule has 15 heavy (non-hydrogen) atoms. The fourth-order valence-electron chi connectivity index (χ4n) is 3.18. The molecular formula is C14H23N. The quantitative estimate of drug-likeness (QED) is 0.669. The maximum absolute atomic E-state index is 2.61. The molecule has 1 aliphatic heterocycles. The van der Waals surface area contributed by atoms with Crippen molar-refractivity contribution in [3.8, 4) is 0 Å². The van der Waals surface area contributed by atoms with Crippen LogP contribution in [0.3, 0.4) is 0 Å². The zero-order chi connectivity index (χ0) is 10.8. The van der Waals surface area contributed by atoms with Crippen LogP contribution in [0, 0.1) is 17.8 Å². The summed E-state index contributed by atoms with van der Waals surface area (Å²) >= 11 is 0. The van der Waals surface area contributed by atoms with Crippen LogP contribution in [0.25, 0.3) is 0 Å². The van der Waals surface area contributed by atoms with Gasteiger partial charge < -0.3 is 0 Å². The van der Waals surface area contributed by atoms with Crippen LogP contribution in [0.2, 0.25) is 0 Å². The third-order valence-corrected chi connectivity index (χ3v) is 4.08. The molecule has 2 rings (SSSR count). The van der Waals surface area contributed by atoms with Gasteiger partial charge in [-0.1, -0.05) is 45.1 Å². The Kier molecular flexibility index (Phi) is 3.30. The number of likely N-dealkylation sites (tertiary alicyclic amines) is 1. The highest BCUT2D eigenvalue weighted by molar-refractivity contribution is 5.19. The highest BCUT2D eigenvalue weighted by Gasteiger charge is 2.36. The summed E-state index contributed by atoms with van der Waals surface area (Å²) in [7, 11) is 0. The van der Waals surface area contributed by atoms with Gasteiger partial charge in [0.25, 0.3) is 0 Å². The summed E-state index contributed by atoms with van der Waals surface area (Å²) in [6, 6.07) is 0.668. The largest absolute Gasteiger partial charge is 0.297 e. The van der Waals surface area contributed by atoms with E-state index in [1.54, 1.807) is 0 Å². The van der Waals surface area contributed by atoms with Gasteiger partial charge in [0.05, 0.1) is 0 Å². The van der Waals surface area contributed by atoms with Crippen LogP contribution in [0.15, 0.2) is 24.3 Å². The fraction of sp³-hybridized carbons (Fsp3) is 0.714. The summed E-state index contributed by atoms with van der Waals surface area (Å²) in [6.45, 7) is 9.48. The van der Waals surface area contributed by atoms with E-state index in [0.717, 1.165) is 17.8 Å². The number of fused-ring (bicyclic) bond motifs is 1. The summed E-state index contributed by atoms with van der Waals surface area (Å²) in [4.78, 5) is 2.61. The van der Waals surface area contributed by atoms with Crippen molar-refractivity contribution >= 4 is 0 Å². The van der Waals surface area contributed by atoms with Gasteiger partial charge in [-0.15, -0.1) is 0 Å². The molecule has 0 saturated carbocycles. The first-order valence-electron chi connectivity index (χ1n) is 6.33. The van der Waals surface area contributed by atoms with Crippen molar-refractivity contribution in [1.82, 2.24) is 4.90 Å². The molecule has 1 nitrogen and oxygen atoms in total. The van der Waals surface area contributed by atoms with E-state index in [-0.39, 0.29) is 0 Å². The van der Waals surface area contributed by atoms with Gasteiger partial charge in [-0.2, -0.15) is 0 Å². The zero-order valence-corrected chi connectivity index (χ0v) is 10.2. The van der Waals surface area contributed by atoms with E-state index in [1.807, 2.05) is 0 Å². The minimum Gasteiger partial charge on any atom is -0.297 e. The lowest BCUT2D eigenvalue weighted by Crippen LogP contribution is -2.49. The summed E-state index contributed by atoms with van der Waals surface area (Å²) in [5, 5.41) is 0. The molecule has 0 aromatic rings. The van der Waals surface area contributed by atoms with Gasteiger partial charge in [-0.05, 0) is 37.3 Å². The molecule has 3 unspecified atom stereocenters. The molecule has 0 radical (unpaired) electrons. The van der Waals surface area contributed by atoms with Gasteiger partial charge in [0.15, 0.2) is 0 Å². The molecule has 84 valence electrons. The number of hydrogen-bond donors (Lipinski definition) is 0. The van der Waals surface area contributed by atoms with Gasteiger partial charge in [0.2, 0.25) is 0 Å². The molecule has 1 heterocycles. The number of piperidine rings is 1. The number of hydrogen-bond acceptors (Lipinski definition) is 1. The number of rotatable bonds is 2. The lowest BCUT2D eigenvalue weighted by atomic mass is 9.72. The Balaban J connectivity index is 2.17. The topological polar surface area (TPSA) is 3.24 Å². The molecule has 0 bridgehead atoms. The number of nitrogens with zero attached hydrogens (tertiary/aromatic N) is 1. The van der Waals surface area contributed by atoms with Gasteiger partial charge in [-0.25, -0.2) is 0 Å². The summed E-state index contributed by atoms with van der Waals surface area (Å²) in [5.41, 5.74) is 0. The summed E-state index contributed by atoms with van der Waals surface area (Å²) in [5.74, 6) is 2.44. The highest BCUT2D eigenvalue weighted by Crippen LogP contribution is 2.36. The first kappa shape index (κ1) is 10.9. The van der Waals surface area contributed by atoms with E-state index >= 15 is 0 Å². The highest BCUT2D eigenvalue weighted by atomic mass is 15.2. The number of likely N-dealkylation sites (N-methyl/N-ethyl adjacent to an activating group) is 1. The number of allylic oxidation sites excluding steroid dienone is 2. The molecular weight excluding hydrogens is 182 g/mol. The van der Waals surface area contributed by atoms with Crippen molar-refractivity contribution < 1.29 is 0 Å². The lowest BCUT2D eigenvalue weighted by Gasteiger charge is -2.45. The Hall–Kier alpha value is -0.560. The minimum absolute atomic E-state index is 0.668. The van der Waals surface area contributed by atoms with E-state index in [4.69, 9.17) is 0 Å². The van der Waals surface area contributed by atoms with E-state index in [0.29, 0.717) is 6.04 Å². The molecule has 0 amide bonds. The zero-order valence-electron chi connectivity index (χ0n) is 10.2. The van der Waals surface area contributed by atoms with Crippen molar-refractivity contribution in [3.63, 3.8) is 0 Å². The molecule has 1 saturated heterocycles. The van der Waals surface area contributed by atoms with Gasteiger partial charge >= 0.3 is 0 Å². The van der Waals surface area contributed by atoms with Crippen molar-refractivity contribution in [2.45, 2.75) is 33.2 Å². The lowest BCUT2D eigenvalue weighted by molar-refractivity contribution is 0.0804. The maximum atomic E-state index is 2.61. The van der Waals surface area contributed by atoms with Crippen molar-refractivity contribution in [1.29, 1.82) is 0 Å². The van der Waals surface area contributed by atoms with E-state index in [9.17, 15) is 0 Å². The second-order valence-electron chi connectivity index (χ2n) is 5.16. The van der Waals surface area contributed by atoms with Crippen LogP contribution in [-0.2, 0) is 0 Å². The van der Waals surface area contributed by atoms with Gasteiger partial charge in [0.1, 0.15) is 0 Å². The van der Waals surface area contributed by atoms with E-state index in [1.165, 1.54) is 19.5 Å². The Morgan fingerprint density at radius 2 is 2.00 bits per heavy atom. The third kappa shape index (κ3) is 2.03. The second kappa shape index (κ2) is 4.52. The summed E-state index contributed by atoms with van der Waals surface area (Å²) in [6.07, 6.45) is 10.6. The van der Waals surface area contributed by atoms with Crippen molar-refractivity contribution in [2.24, 2.45) is 17.8 Å². The van der Waals surface area contributed by atoms with Gasteiger partial charge in [0, 0.05) is 6.04 Å². The molecule has 1 heteroatoms. The minimum atomic E-state index is 0.668. The maximum Gasteiger partial charge on any atom is 0.0346 e. The molecule has 0 N–H and O–H groups in total. The van der Waals surface area contributed by atoms with Crippen molar-refractivity contribution in [3.05, 3.63) is 24.3 Å². The summed E-state index contributed by atoms with van der Waals surface area (Å²) < 4.78 is 0. The second-order valence-corrected chi connectivity index (χ2v) is 5.16. The predicted octanol–water partition coefficient (Wildman–Crippen LogP) is 3.10. The van der Waals surface area contributed by atoms with Crippen molar-refractivity contribution in [2.75, 3.05) is 13.1 Å². The molecule has 2 aliphatic rings. The Labute approximate surface area is 93.9 Å². The first-order valence-corrected chi connectivity index (χ1v) is 6.33. The first-order chi connectivity index (χ1) is 7.24. The molecule has 1 fully saturated rings. The SMILES string of the molecule is CCN1CCC(C(C)C)C2C=CC=CC21. The van der Waals surface area contributed by atoms with Crippen LogP contribution in [-0.4, -0.2) is 24.0 Å². The fourth-order valence-corrected chi connectivity index (χ4v) is 3.18. The average molecular weight is 205 g/mol. The smallest absolute Gasteiger partial charge is 0.0346 e. The third-order valence-electron chi connectivity index (χ3n) is 4.08.